The maximum atomic E-state index is 12.5. The summed E-state index contributed by atoms with van der Waals surface area (Å²) in [7, 11) is 3.18. The van der Waals surface area contributed by atoms with Crippen LogP contribution in [0.1, 0.15) is 15.9 Å². The van der Waals surface area contributed by atoms with E-state index in [1.165, 1.54) is 0 Å². The Morgan fingerprint density at radius 2 is 1.80 bits per heavy atom. The SMILES string of the molecule is COc1ccc2ccc(OC)c(/C=C3\SC(=NC(=O)c4ccccc4)NC3=O)c2c1. The summed E-state index contributed by atoms with van der Waals surface area (Å²) in [6.45, 7) is 0. The normalized spacial score (nSPS) is 16.1. The highest BCUT2D eigenvalue weighted by Crippen LogP contribution is 2.35. The maximum absolute atomic E-state index is 12.5. The molecule has 0 aliphatic carbocycles. The van der Waals surface area contributed by atoms with Crippen molar-refractivity contribution in [2.45, 2.75) is 0 Å². The molecule has 1 saturated heterocycles. The number of nitrogens with zero attached hydrogens (tertiary/aromatic N) is 1. The fourth-order valence-corrected chi connectivity index (χ4v) is 3.91. The van der Waals surface area contributed by atoms with Gasteiger partial charge < -0.3 is 14.8 Å². The molecule has 6 nitrogen and oxygen atoms in total. The molecule has 0 saturated carbocycles. The fourth-order valence-electron chi connectivity index (χ4n) is 3.10. The first-order chi connectivity index (χ1) is 14.6. The molecule has 0 atom stereocenters. The third kappa shape index (κ3) is 3.92. The van der Waals surface area contributed by atoms with Gasteiger partial charge in [-0.3, -0.25) is 9.59 Å². The number of aliphatic imine (C=N–C) groups is 1. The highest BCUT2D eigenvalue weighted by Gasteiger charge is 2.25. The van der Waals surface area contributed by atoms with Crippen molar-refractivity contribution in [3.05, 3.63) is 76.7 Å². The van der Waals surface area contributed by atoms with E-state index < -0.39 is 5.91 Å². The van der Waals surface area contributed by atoms with Crippen molar-refractivity contribution >= 4 is 45.6 Å². The molecule has 30 heavy (non-hydrogen) atoms. The molecule has 1 aliphatic heterocycles. The largest absolute Gasteiger partial charge is 0.497 e. The molecule has 0 aromatic heterocycles. The smallest absolute Gasteiger partial charge is 0.279 e. The summed E-state index contributed by atoms with van der Waals surface area (Å²) < 4.78 is 10.9. The van der Waals surface area contributed by atoms with Gasteiger partial charge >= 0.3 is 0 Å². The summed E-state index contributed by atoms with van der Waals surface area (Å²) in [5, 5.41) is 4.77. The van der Waals surface area contributed by atoms with Gasteiger partial charge in [-0.1, -0.05) is 30.3 Å². The van der Waals surface area contributed by atoms with E-state index in [1.807, 2.05) is 36.4 Å². The molecule has 3 aromatic carbocycles. The lowest BCUT2D eigenvalue weighted by Crippen LogP contribution is -2.20. The third-order valence-electron chi connectivity index (χ3n) is 4.60. The van der Waals surface area contributed by atoms with E-state index in [4.69, 9.17) is 9.47 Å². The number of hydrogen-bond donors (Lipinski definition) is 1. The van der Waals surface area contributed by atoms with Gasteiger partial charge in [-0.05, 0) is 58.9 Å². The number of carbonyl (C=O) groups excluding carboxylic acids is 2. The summed E-state index contributed by atoms with van der Waals surface area (Å²) >= 11 is 1.12. The monoisotopic (exact) mass is 418 g/mol. The second-order valence-electron chi connectivity index (χ2n) is 6.42. The topological polar surface area (TPSA) is 77.0 Å². The molecular formula is C23H18N2O4S. The fraction of sp³-hybridized carbons (Fsp3) is 0.0870. The number of amidine groups is 1. The minimum atomic E-state index is -0.410. The van der Waals surface area contributed by atoms with Gasteiger partial charge in [0, 0.05) is 11.1 Å². The molecule has 1 aliphatic rings. The van der Waals surface area contributed by atoms with E-state index in [0.29, 0.717) is 22.0 Å². The van der Waals surface area contributed by atoms with Crippen LogP contribution in [-0.2, 0) is 4.79 Å². The molecule has 1 fully saturated rings. The van der Waals surface area contributed by atoms with Crippen molar-refractivity contribution in [2.24, 2.45) is 4.99 Å². The van der Waals surface area contributed by atoms with Crippen LogP contribution in [-0.4, -0.2) is 31.2 Å². The van der Waals surface area contributed by atoms with Crippen LogP contribution >= 0.6 is 11.8 Å². The van der Waals surface area contributed by atoms with E-state index in [2.05, 4.69) is 10.3 Å². The van der Waals surface area contributed by atoms with Gasteiger partial charge in [0.2, 0.25) is 0 Å². The van der Waals surface area contributed by atoms with E-state index in [1.54, 1.807) is 44.6 Å². The average Bonchev–Trinajstić information content (AvgIpc) is 3.12. The molecule has 7 heteroatoms. The first-order valence-corrected chi connectivity index (χ1v) is 9.94. The van der Waals surface area contributed by atoms with Crippen molar-refractivity contribution in [1.82, 2.24) is 5.32 Å². The number of nitrogens with one attached hydrogen (secondary N) is 1. The van der Waals surface area contributed by atoms with Crippen LogP contribution in [0.3, 0.4) is 0 Å². The first-order valence-electron chi connectivity index (χ1n) is 9.13. The van der Waals surface area contributed by atoms with Gasteiger partial charge in [0.15, 0.2) is 5.17 Å². The molecule has 150 valence electrons. The summed E-state index contributed by atoms with van der Waals surface area (Å²) in [4.78, 5) is 29.3. The number of fused-ring (bicyclic) bond motifs is 1. The quantitative estimate of drug-likeness (QED) is 0.641. The molecule has 1 N–H and O–H groups in total. The van der Waals surface area contributed by atoms with Crippen LogP contribution in [0.25, 0.3) is 16.8 Å². The van der Waals surface area contributed by atoms with Crippen LogP contribution in [0.4, 0.5) is 0 Å². The zero-order chi connectivity index (χ0) is 21.1. The maximum Gasteiger partial charge on any atom is 0.279 e. The first kappa shape index (κ1) is 19.7. The van der Waals surface area contributed by atoms with Crippen LogP contribution in [0, 0.1) is 0 Å². The second kappa shape index (κ2) is 8.42. The van der Waals surface area contributed by atoms with Crippen molar-refractivity contribution in [3.63, 3.8) is 0 Å². The molecule has 0 radical (unpaired) electrons. The lowest BCUT2D eigenvalue weighted by atomic mass is 10.0. The molecular weight excluding hydrogens is 400 g/mol. The minimum Gasteiger partial charge on any atom is -0.497 e. The molecule has 0 unspecified atom stereocenters. The van der Waals surface area contributed by atoms with Gasteiger partial charge in [0.05, 0.1) is 19.1 Å². The number of methoxy groups -OCH3 is 2. The Hall–Kier alpha value is -3.58. The van der Waals surface area contributed by atoms with E-state index in [9.17, 15) is 9.59 Å². The zero-order valence-corrected chi connectivity index (χ0v) is 17.2. The Morgan fingerprint density at radius 3 is 2.53 bits per heavy atom. The summed E-state index contributed by atoms with van der Waals surface area (Å²) in [5.41, 5.74) is 1.21. The number of rotatable bonds is 4. The molecule has 3 aromatic rings. The number of amides is 2. The van der Waals surface area contributed by atoms with Crippen molar-refractivity contribution < 1.29 is 19.1 Å². The van der Waals surface area contributed by atoms with Gasteiger partial charge in [-0.25, -0.2) is 0 Å². The van der Waals surface area contributed by atoms with Crippen LogP contribution in [0.2, 0.25) is 0 Å². The molecule has 1 heterocycles. The van der Waals surface area contributed by atoms with Crippen LogP contribution in [0.15, 0.2) is 70.6 Å². The summed E-state index contributed by atoms with van der Waals surface area (Å²) in [6.07, 6.45) is 1.75. The lowest BCUT2D eigenvalue weighted by molar-refractivity contribution is -0.115. The van der Waals surface area contributed by atoms with E-state index >= 15 is 0 Å². The number of ether oxygens (including phenoxy) is 2. The highest BCUT2D eigenvalue weighted by atomic mass is 32.2. The third-order valence-corrected chi connectivity index (χ3v) is 5.51. The van der Waals surface area contributed by atoms with Crippen LogP contribution in [0.5, 0.6) is 11.5 Å². The van der Waals surface area contributed by atoms with Crippen molar-refractivity contribution in [2.75, 3.05) is 14.2 Å². The van der Waals surface area contributed by atoms with Crippen molar-refractivity contribution in [1.29, 1.82) is 0 Å². The Balaban J connectivity index is 1.71. The van der Waals surface area contributed by atoms with Crippen molar-refractivity contribution in [3.8, 4) is 11.5 Å². The zero-order valence-electron chi connectivity index (χ0n) is 16.3. The second-order valence-corrected chi connectivity index (χ2v) is 7.45. The summed E-state index contributed by atoms with van der Waals surface area (Å²) in [6, 6.07) is 18.2. The Kier molecular flexibility index (Phi) is 5.54. The number of thioether (sulfide) groups is 1. The van der Waals surface area contributed by atoms with Gasteiger partial charge in [-0.15, -0.1) is 0 Å². The molecule has 0 bridgehead atoms. The molecule has 0 spiro atoms. The van der Waals surface area contributed by atoms with E-state index in [-0.39, 0.29) is 11.1 Å². The van der Waals surface area contributed by atoms with Gasteiger partial charge in [-0.2, -0.15) is 4.99 Å². The highest BCUT2D eigenvalue weighted by molar-refractivity contribution is 8.18. The van der Waals surface area contributed by atoms with Crippen LogP contribution < -0.4 is 14.8 Å². The molecule has 2 amide bonds. The summed E-state index contributed by atoms with van der Waals surface area (Å²) in [5.74, 6) is 0.603. The lowest BCUT2D eigenvalue weighted by Gasteiger charge is -2.10. The predicted molar refractivity (Wildman–Crippen MR) is 119 cm³/mol. The minimum absolute atomic E-state index is 0.247. The Labute approximate surface area is 177 Å². The Bertz CT molecular complexity index is 1200. The number of benzene rings is 3. The van der Waals surface area contributed by atoms with E-state index in [0.717, 1.165) is 28.1 Å². The predicted octanol–water partition coefficient (Wildman–Crippen LogP) is 4.26. The number of carbonyl (C=O) groups is 2. The molecule has 4 rings (SSSR count). The van der Waals surface area contributed by atoms with Gasteiger partial charge in [0.1, 0.15) is 11.5 Å². The Morgan fingerprint density at radius 1 is 1.03 bits per heavy atom. The number of hydrogen-bond acceptors (Lipinski definition) is 5. The van der Waals surface area contributed by atoms with Gasteiger partial charge in [0.25, 0.3) is 11.8 Å². The standard InChI is InChI=1S/C23H18N2O4S/c1-28-16-10-8-14-9-11-19(29-2)18(17(14)12-16)13-20-22(27)25-23(30-20)24-21(26)15-6-4-3-5-7-15/h3-13H,1-2H3,(H,24,25,26,27)/b20-13-. The average molecular weight is 418 g/mol.